The zero-order chi connectivity index (χ0) is 9.84. The summed E-state index contributed by atoms with van der Waals surface area (Å²) in [6.07, 6.45) is 1.76. The highest BCUT2D eigenvalue weighted by Crippen LogP contribution is 2.21. The highest BCUT2D eigenvalue weighted by molar-refractivity contribution is 9.10. The van der Waals surface area contributed by atoms with Crippen LogP contribution in [0.2, 0.25) is 0 Å². The molecule has 0 aliphatic rings. The molecule has 1 rings (SSSR count). The predicted octanol–water partition coefficient (Wildman–Crippen LogP) is 1.47. The van der Waals surface area contributed by atoms with Crippen LogP contribution >= 0.6 is 15.9 Å². The third-order valence-corrected chi connectivity index (χ3v) is 1.88. The molecule has 1 heterocycles. The number of nitro groups is 1. The van der Waals surface area contributed by atoms with E-state index in [1.807, 2.05) is 6.07 Å². The SMILES string of the molecule is N#CCCn1cc(Br)c([N+](=O)[O-])n1. The van der Waals surface area contributed by atoms with E-state index < -0.39 is 4.92 Å². The van der Waals surface area contributed by atoms with Gasteiger partial charge in [0.2, 0.25) is 0 Å². The molecule has 0 bridgehead atoms. The van der Waals surface area contributed by atoms with E-state index in [0.29, 0.717) is 11.0 Å². The van der Waals surface area contributed by atoms with Crippen molar-refractivity contribution in [2.75, 3.05) is 0 Å². The maximum absolute atomic E-state index is 10.3. The Hall–Kier alpha value is -1.42. The molecule has 0 aliphatic carbocycles. The van der Waals surface area contributed by atoms with Gasteiger partial charge < -0.3 is 10.1 Å². The number of halogens is 1. The van der Waals surface area contributed by atoms with Crippen LogP contribution in [0.5, 0.6) is 0 Å². The Bertz CT molecular complexity index is 367. The van der Waals surface area contributed by atoms with Crippen LogP contribution in [0.3, 0.4) is 0 Å². The topological polar surface area (TPSA) is 84.8 Å². The number of rotatable bonds is 3. The molecule has 0 saturated carbocycles. The van der Waals surface area contributed by atoms with Gasteiger partial charge in [0.15, 0.2) is 0 Å². The monoisotopic (exact) mass is 244 g/mol. The Morgan fingerprint density at radius 3 is 3.00 bits per heavy atom. The minimum atomic E-state index is -0.576. The number of aryl methyl sites for hydroxylation is 1. The first-order chi connectivity index (χ1) is 6.15. The smallest absolute Gasteiger partial charge is 0.358 e. The zero-order valence-electron chi connectivity index (χ0n) is 6.47. The van der Waals surface area contributed by atoms with E-state index in [-0.39, 0.29) is 12.2 Å². The molecule has 0 N–H and O–H groups in total. The minimum absolute atomic E-state index is 0.224. The summed E-state index contributed by atoms with van der Waals surface area (Å²) in [5.41, 5.74) is 0. The van der Waals surface area contributed by atoms with Crippen molar-refractivity contribution in [3.05, 3.63) is 20.8 Å². The van der Waals surface area contributed by atoms with Gasteiger partial charge in [-0.15, -0.1) is 0 Å². The molecular weight excluding hydrogens is 240 g/mol. The van der Waals surface area contributed by atoms with Crippen molar-refractivity contribution < 1.29 is 4.92 Å². The van der Waals surface area contributed by atoms with Gasteiger partial charge in [0.25, 0.3) is 0 Å². The maximum Gasteiger partial charge on any atom is 0.404 e. The lowest BCUT2D eigenvalue weighted by atomic mass is 10.5. The van der Waals surface area contributed by atoms with Crippen molar-refractivity contribution in [3.63, 3.8) is 0 Å². The van der Waals surface area contributed by atoms with Gasteiger partial charge >= 0.3 is 5.82 Å². The van der Waals surface area contributed by atoms with Crippen LogP contribution in [0.25, 0.3) is 0 Å². The van der Waals surface area contributed by atoms with Gasteiger partial charge in [0.1, 0.15) is 4.47 Å². The lowest BCUT2D eigenvalue weighted by molar-refractivity contribution is -0.390. The molecule has 1 aromatic rings. The highest BCUT2D eigenvalue weighted by atomic mass is 79.9. The molecule has 0 atom stereocenters. The minimum Gasteiger partial charge on any atom is -0.358 e. The van der Waals surface area contributed by atoms with Crippen LogP contribution in [-0.2, 0) is 6.54 Å². The molecule has 0 spiro atoms. The number of hydrogen-bond acceptors (Lipinski definition) is 4. The summed E-state index contributed by atoms with van der Waals surface area (Å²) in [7, 11) is 0. The maximum atomic E-state index is 10.3. The van der Waals surface area contributed by atoms with E-state index in [4.69, 9.17) is 5.26 Å². The van der Waals surface area contributed by atoms with Crippen LogP contribution < -0.4 is 0 Å². The van der Waals surface area contributed by atoms with E-state index >= 15 is 0 Å². The van der Waals surface area contributed by atoms with Crippen molar-refractivity contribution in [1.29, 1.82) is 5.26 Å². The van der Waals surface area contributed by atoms with Gasteiger partial charge in [-0.3, -0.25) is 0 Å². The van der Waals surface area contributed by atoms with Gasteiger partial charge in [0.05, 0.1) is 30.3 Å². The van der Waals surface area contributed by atoms with Crippen molar-refractivity contribution in [2.45, 2.75) is 13.0 Å². The second kappa shape index (κ2) is 4.00. The van der Waals surface area contributed by atoms with Gasteiger partial charge in [-0.1, -0.05) is 0 Å². The summed E-state index contributed by atoms with van der Waals surface area (Å²) in [6.45, 7) is 0.364. The summed E-state index contributed by atoms with van der Waals surface area (Å²) < 4.78 is 1.70. The normalized spacial score (nSPS) is 9.54. The molecule has 7 heteroatoms. The largest absolute Gasteiger partial charge is 0.404 e. The fourth-order valence-corrected chi connectivity index (χ4v) is 1.25. The average Bonchev–Trinajstić information content (AvgIpc) is 2.43. The zero-order valence-corrected chi connectivity index (χ0v) is 8.06. The number of nitrogens with zero attached hydrogens (tertiary/aromatic N) is 4. The van der Waals surface area contributed by atoms with Gasteiger partial charge in [0, 0.05) is 0 Å². The standard InChI is InChI=1S/C6H5BrN4O2/c7-5-4-10(3-1-2-8)9-6(5)11(12)13/h4H,1,3H2. The van der Waals surface area contributed by atoms with Crippen LogP contribution in [0, 0.1) is 21.4 Å². The molecule has 6 nitrogen and oxygen atoms in total. The van der Waals surface area contributed by atoms with Crippen molar-refractivity contribution in [1.82, 2.24) is 9.78 Å². The second-order valence-corrected chi connectivity index (χ2v) is 3.08. The summed E-state index contributed by atoms with van der Waals surface area (Å²) in [5, 5.41) is 22.3. The highest BCUT2D eigenvalue weighted by Gasteiger charge is 2.17. The van der Waals surface area contributed by atoms with Crippen LogP contribution in [0.1, 0.15) is 6.42 Å². The molecule has 0 fully saturated rings. The first kappa shape index (κ1) is 9.67. The van der Waals surface area contributed by atoms with Crippen LogP contribution in [-0.4, -0.2) is 14.7 Å². The lowest BCUT2D eigenvalue weighted by Crippen LogP contribution is -1.98. The van der Waals surface area contributed by atoms with E-state index in [2.05, 4.69) is 21.0 Å². The van der Waals surface area contributed by atoms with Crippen LogP contribution in [0.4, 0.5) is 5.82 Å². The summed E-state index contributed by atoms with van der Waals surface area (Å²) in [6, 6.07) is 1.93. The summed E-state index contributed by atoms with van der Waals surface area (Å²) in [4.78, 5) is 9.77. The van der Waals surface area contributed by atoms with Crippen LogP contribution in [0.15, 0.2) is 10.7 Å². The van der Waals surface area contributed by atoms with E-state index in [9.17, 15) is 10.1 Å². The van der Waals surface area contributed by atoms with Gasteiger partial charge in [-0.05, 0) is 20.9 Å². The lowest BCUT2D eigenvalue weighted by Gasteiger charge is -1.87. The first-order valence-electron chi connectivity index (χ1n) is 3.39. The van der Waals surface area contributed by atoms with Crippen molar-refractivity contribution >= 4 is 21.7 Å². The summed E-state index contributed by atoms with van der Waals surface area (Å²) in [5.74, 6) is -0.224. The fourth-order valence-electron chi connectivity index (χ4n) is 0.790. The molecule has 0 unspecified atom stereocenters. The van der Waals surface area contributed by atoms with Crippen molar-refractivity contribution in [3.8, 4) is 6.07 Å². The molecule has 0 aromatic carbocycles. The van der Waals surface area contributed by atoms with E-state index in [1.54, 1.807) is 0 Å². The number of aromatic nitrogens is 2. The Morgan fingerprint density at radius 2 is 2.54 bits per heavy atom. The van der Waals surface area contributed by atoms with E-state index in [0.717, 1.165) is 0 Å². The molecule has 13 heavy (non-hydrogen) atoms. The number of hydrogen-bond donors (Lipinski definition) is 0. The first-order valence-corrected chi connectivity index (χ1v) is 4.18. The quantitative estimate of drug-likeness (QED) is 0.596. The molecule has 68 valence electrons. The van der Waals surface area contributed by atoms with Crippen molar-refractivity contribution in [2.24, 2.45) is 0 Å². The Kier molecular flexibility index (Phi) is 2.97. The summed E-state index contributed by atoms with van der Waals surface area (Å²) >= 11 is 3.00. The Morgan fingerprint density at radius 1 is 1.85 bits per heavy atom. The Labute approximate surface area is 82.0 Å². The fraction of sp³-hybridized carbons (Fsp3) is 0.333. The van der Waals surface area contributed by atoms with E-state index in [1.165, 1.54) is 10.9 Å². The average molecular weight is 245 g/mol. The number of nitriles is 1. The van der Waals surface area contributed by atoms with Gasteiger partial charge in [-0.2, -0.15) is 9.94 Å². The molecular formula is C6H5BrN4O2. The molecule has 0 aliphatic heterocycles. The third-order valence-electron chi connectivity index (χ3n) is 1.32. The molecule has 1 aromatic heterocycles. The molecule has 0 saturated heterocycles. The second-order valence-electron chi connectivity index (χ2n) is 2.23. The molecule has 0 amide bonds. The third kappa shape index (κ3) is 2.26. The molecule has 0 radical (unpaired) electrons. The van der Waals surface area contributed by atoms with Gasteiger partial charge in [-0.25, -0.2) is 0 Å². The Balaban J connectivity index is 2.84. The predicted molar refractivity (Wildman–Crippen MR) is 46.8 cm³/mol.